The number of nitrogens with zero attached hydrogens (tertiary/aromatic N) is 2. The fraction of sp³-hybridized carbons (Fsp3) is 0.571. The monoisotopic (exact) mass is 344 g/mol. The number of carbonyl (C=O) groups excluding carboxylic acids is 2. The topological polar surface area (TPSA) is 78.4 Å². The molecule has 0 amide bonds. The molecule has 0 aromatic carbocycles. The Morgan fingerprint density at radius 1 is 0.955 bits per heavy atom. The van der Waals surface area contributed by atoms with Gasteiger partial charge in [-0.25, -0.2) is 4.98 Å². The van der Waals surface area contributed by atoms with E-state index in [1.54, 1.807) is 12.4 Å². The second kappa shape index (κ2) is 11.3. The Hall–Kier alpha value is -1.28. The fourth-order valence-corrected chi connectivity index (χ4v) is 2.60. The lowest BCUT2D eigenvalue weighted by molar-refractivity contribution is -0.141. The van der Waals surface area contributed by atoms with Crippen LogP contribution in [0.15, 0.2) is 22.4 Å². The van der Waals surface area contributed by atoms with Crippen LogP contribution < -0.4 is 0 Å². The standard InChI is InChI=1S/C14H20N2O4S2/c1-3-5-19-13(17)9-21-11-7-15-8-12(16-11)22-10-14(18)20-6-4-2/h7-8H,3-6,9-10H2,1-2H3. The summed E-state index contributed by atoms with van der Waals surface area (Å²) in [4.78, 5) is 31.2. The molecule has 0 aliphatic heterocycles. The van der Waals surface area contributed by atoms with Crippen LogP contribution in [0.4, 0.5) is 0 Å². The minimum Gasteiger partial charge on any atom is -0.465 e. The quantitative estimate of drug-likeness (QED) is 0.473. The molecule has 1 heterocycles. The van der Waals surface area contributed by atoms with Gasteiger partial charge in [-0.3, -0.25) is 14.6 Å². The van der Waals surface area contributed by atoms with Gasteiger partial charge in [-0.05, 0) is 12.8 Å². The molecule has 0 spiro atoms. The fourth-order valence-electron chi connectivity index (χ4n) is 1.25. The highest BCUT2D eigenvalue weighted by Gasteiger charge is 2.08. The molecule has 0 aliphatic rings. The maximum absolute atomic E-state index is 11.4. The van der Waals surface area contributed by atoms with Crippen LogP contribution in [0.1, 0.15) is 26.7 Å². The number of carbonyl (C=O) groups is 2. The number of hydrogen-bond donors (Lipinski definition) is 0. The first-order valence-electron chi connectivity index (χ1n) is 7.04. The summed E-state index contributed by atoms with van der Waals surface area (Å²) in [6, 6.07) is 0. The lowest BCUT2D eigenvalue weighted by atomic mass is 10.5. The zero-order chi connectivity index (χ0) is 16.2. The van der Waals surface area contributed by atoms with Gasteiger partial charge in [0.15, 0.2) is 0 Å². The second-order valence-electron chi connectivity index (χ2n) is 4.21. The molecule has 0 unspecified atom stereocenters. The third-order valence-electron chi connectivity index (χ3n) is 2.20. The first kappa shape index (κ1) is 18.8. The highest BCUT2D eigenvalue weighted by Crippen LogP contribution is 2.20. The van der Waals surface area contributed by atoms with Crippen LogP contribution in [0.2, 0.25) is 0 Å². The van der Waals surface area contributed by atoms with Gasteiger partial charge < -0.3 is 9.47 Å². The Balaban J connectivity index is 2.38. The van der Waals surface area contributed by atoms with Crippen molar-refractivity contribution in [2.75, 3.05) is 24.7 Å². The summed E-state index contributed by atoms with van der Waals surface area (Å²) < 4.78 is 9.97. The minimum atomic E-state index is -0.269. The largest absolute Gasteiger partial charge is 0.465 e. The average molecular weight is 344 g/mol. The van der Waals surface area contributed by atoms with Gasteiger partial charge in [0.05, 0.1) is 37.1 Å². The number of hydrogen-bond acceptors (Lipinski definition) is 8. The van der Waals surface area contributed by atoms with E-state index in [9.17, 15) is 9.59 Å². The van der Waals surface area contributed by atoms with Crippen molar-refractivity contribution in [3.05, 3.63) is 12.4 Å². The number of aromatic nitrogens is 2. The Morgan fingerprint density at radius 3 is 1.82 bits per heavy atom. The molecule has 0 aliphatic carbocycles. The van der Waals surface area contributed by atoms with Gasteiger partial charge >= 0.3 is 11.9 Å². The Kier molecular flexibility index (Phi) is 9.65. The lowest BCUT2D eigenvalue weighted by Gasteiger charge is -2.05. The molecule has 0 N–H and O–H groups in total. The van der Waals surface area contributed by atoms with Crippen molar-refractivity contribution in [3.63, 3.8) is 0 Å². The first-order valence-corrected chi connectivity index (χ1v) is 9.01. The van der Waals surface area contributed by atoms with E-state index in [1.807, 2.05) is 13.8 Å². The molecule has 1 aromatic heterocycles. The number of thioether (sulfide) groups is 2. The highest BCUT2D eigenvalue weighted by atomic mass is 32.2. The molecule has 0 atom stereocenters. The Labute approximate surface area is 138 Å². The lowest BCUT2D eigenvalue weighted by Crippen LogP contribution is -2.08. The summed E-state index contributed by atoms with van der Waals surface area (Å²) in [5.41, 5.74) is 0. The van der Waals surface area contributed by atoms with Gasteiger partial charge in [0.25, 0.3) is 0 Å². The number of rotatable bonds is 10. The summed E-state index contributed by atoms with van der Waals surface area (Å²) in [6.07, 6.45) is 4.77. The molecule has 6 nitrogen and oxygen atoms in total. The molecule has 8 heteroatoms. The van der Waals surface area contributed by atoms with Gasteiger partial charge in [0.1, 0.15) is 10.1 Å². The van der Waals surface area contributed by atoms with Crippen LogP contribution in [0.25, 0.3) is 0 Å². The van der Waals surface area contributed by atoms with Gasteiger partial charge in [0.2, 0.25) is 0 Å². The van der Waals surface area contributed by atoms with Crippen LogP contribution in [0.3, 0.4) is 0 Å². The highest BCUT2D eigenvalue weighted by molar-refractivity contribution is 8.00. The molecule has 122 valence electrons. The van der Waals surface area contributed by atoms with Crippen molar-refractivity contribution < 1.29 is 19.1 Å². The van der Waals surface area contributed by atoms with Crippen LogP contribution in [-0.4, -0.2) is 46.6 Å². The summed E-state index contributed by atoms with van der Waals surface area (Å²) in [7, 11) is 0. The van der Waals surface area contributed by atoms with E-state index >= 15 is 0 Å². The van der Waals surface area contributed by atoms with Crippen LogP contribution in [0.5, 0.6) is 0 Å². The van der Waals surface area contributed by atoms with Gasteiger partial charge in [-0.1, -0.05) is 37.4 Å². The Morgan fingerprint density at radius 2 is 1.41 bits per heavy atom. The first-order chi connectivity index (χ1) is 10.7. The molecule has 1 aromatic rings. The second-order valence-corrected chi connectivity index (χ2v) is 6.21. The van der Waals surface area contributed by atoms with Crippen molar-refractivity contribution in [1.82, 2.24) is 9.97 Å². The van der Waals surface area contributed by atoms with Crippen molar-refractivity contribution in [2.24, 2.45) is 0 Å². The van der Waals surface area contributed by atoms with E-state index in [0.29, 0.717) is 23.3 Å². The zero-order valence-electron chi connectivity index (χ0n) is 12.7. The zero-order valence-corrected chi connectivity index (χ0v) is 14.4. The molecule has 0 saturated carbocycles. The molecule has 0 saturated heterocycles. The molecule has 22 heavy (non-hydrogen) atoms. The summed E-state index contributed by atoms with van der Waals surface area (Å²) in [5, 5.41) is 1.25. The third kappa shape index (κ3) is 8.23. The SMILES string of the molecule is CCCOC(=O)CSc1cncc(SCC(=O)OCCC)n1. The predicted octanol–water partition coefficient (Wildman–Crippen LogP) is 2.57. The van der Waals surface area contributed by atoms with Crippen molar-refractivity contribution in [3.8, 4) is 0 Å². The number of esters is 2. The van der Waals surface area contributed by atoms with Gasteiger partial charge in [0, 0.05) is 0 Å². The summed E-state index contributed by atoms with van der Waals surface area (Å²) in [6.45, 7) is 4.75. The smallest absolute Gasteiger partial charge is 0.316 e. The molecule has 0 bridgehead atoms. The summed E-state index contributed by atoms with van der Waals surface area (Å²) >= 11 is 2.53. The van der Waals surface area contributed by atoms with Crippen LogP contribution in [-0.2, 0) is 19.1 Å². The molecular weight excluding hydrogens is 324 g/mol. The van der Waals surface area contributed by atoms with E-state index in [1.165, 1.54) is 23.5 Å². The normalized spacial score (nSPS) is 10.3. The van der Waals surface area contributed by atoms with Crippen molar-refractivity contribution >= 4 is 35.5 Å². The minimum absolute atomic E-state index is 0.196. The number of ether oxygens (including phenoxy) is 2. The van der Waals surface area contributed by atoms with E-state index in [-0.39, 0.29) is 23.4 Å². The molecular formula is C14H20N2O4S2. The Bertz CT molecular complexity index is 446. The predicted molar refractivity (Wildman–Crippen MR) is 86.0 cm³/mol. The van der Waals surface area contributed by atoms with E-state index in [4.69, 9.17) is 9.47 Å². The summed E-state index contributed by atoms with van der Waals surface area (Å²) in [5.74, 6) is -0.146. The van der Waals surface area contributed by atoms with Crippen LogP contribution in [0, 0.1) is 0 Å². The van der Waals surface area contributed by atoms with E-state index in [2.05, 4.69) is 9.97 Å². The maximum atomic E-state index is 11.4. The van der Waals surface area contributed by atoms with Crippen LogP contribution >= 0.6 is 23.5 Å². The van der Waals surface area contributed by atoms with Gasteiger partial charge in [-0.2, -0.15) is 0 Å². The van der Waals surface area contributed by atoms with E-state index < -0.39 is 0 Å². The van der Waals surface area contributed by atoms with Crippen molar-refractivity contribution in [1.29, 1.82) is 0 Å². The molecule has 1 rings (SSSR count). The van der Waals surface area contributed by atoms with E-state index in [0.717, 1.165) is 12.8 Å². The average Bonchev–Trinajstić information content (AvgIpc) is 2.54. The third-order valence-corrected chi connectivity index (χ3v) is 3.95. The van der Waals surface area contributed by atoms with Crippen molar-refractivity contribution in [2.45, 2.75) is 36.7 Å². The molecule has 0 fully saturated rings. The maximum Gasteiger partial charge on any atom is 0.316 e. The van der Waals surface area contributed by atoms with Gasteiger partial charge in [-0.15, -0.1) is 0 Å². The molecule has 0 radical (unpaired) electrons.